The molecule has 3 heteroatoms. The highest BCUT2D eigenvalue weighted by Gasteiger charge is 2.03. The maximum absolute atomic E-state index is 8.79. The van der Waals surface area contributed by atoms with E-state index in [4.69, 9.17) is 5.26 Å². The molecule has 2 aromatic rings. The maximum atomic E-state index is 8.79. The van der Waals surface area contributed by atoms with Crippen molar-refractivity contribution in [3.8, 4) is 6.07 Å². The Hall–Kier alpha value is -2.08. The van der Waals surface area contributed by atoms with E-state index < -0.39 is 0 Å². The number of aryl methyl sites for hydroxylation is 1. The molecule has 0 saturated carbocycles. The Morgan fingerprint density at radius 1 is 1.33 bits per heavy atom. The third-order valence-electron chi connectivity index (χ3n) is 2.25. The first-order valence-corrected chi connectivity index (χ1v) is 4.77. The van der Waals surface area contributed by atoms with Gasteiger partial charge in [0.15, 0.2) is 0 Å². The smallest absolute Gasteiger partial charge is 0.103 e. The first-order valence-electron chi connectivity index (χ1n) is 4.77. The zero-order valence-corrected chi connectivity index (χ0v) is 8.51. The van der Waals surface area contributed by atoms with Gasteiger partial charge in [0.1, 0.15) is 6.07 Å². The predicted molar refractivity (Wildman–Crippen MR) is 57.2 cm³/mol. The second kappa shape index (κ2) is 3.97. The van der Waals surface area contributed by atoms with Gasteiger partial charge in [-0.3, -0.25) is 4.68 Å². The average molecular weight is 197 g/mol. The lowest BCUT2D eigenvalue weighted by atomic mass is 10.2. The Morgan fingerprint density at radius 3 is 2.67 bits per heavy atom. The van der Waals surface area contributed by atoms with Crippen molar-refractivity contribution in [3.05, 3.63) is 53.3 Å². The molecule has 0 saturated heterocycles. The molecular weight excluding hydrogens is 186 g/mol. The summed E-state index contributed by atoms with van der Waals surface area (Å²) in [5, 5.41) is 13.1. The Kier molecular flexibility index (Phi) is 2.51. The third-order valence-corrected chi connectivity index (χ3v) is 2.25. The molecule has 3 nitrogen and oxygen atoms in total. The molecule has 0 unspecified atom stereocenters. The molecule has 0 aliphatic carbocycles. The molecule has 0 spiro atoms. The fraction of sp³-hybridized carbons (Fsp3) is 0.167. The van der Waals surface area contributed by atoms with E-state index in [1.807, 2.05) is 37.3 Å². The van der Waals surface area contributed by atoms with Gasteiger partial charge in [-0.2, -0.15) is 10.4 Å². The summed E-state index contributed by atoms with van der Waals surface area (Å²) in [6.07, 6.45) is 1.78. The van der Waals surface area contributed by atoms with Gasteiger partial charge in [-0.25, -0.2) is 0 Å². The third kappa shape index (κ3) is 2.05. The van der Waals surface area contributed by atoms with Gasteiger partial charge in [0.2, 0.25) is 0 Å². The summed E-state index contributed by atoms with van der Waals surface area (Å²) in [6.45, 7) is 2.56. The highest BCUT2D eigenvalue weighted by Crippen LogP contribution is 2.06. The minimum absolute atomic E-state index is 0.644. The number of nitriles is 1. The molecule has 0 N–H and O–H groups in total. The Bertz CT molecular complexity index is 491. The molecule has 74 valence electrons. The van der Waals surface area contributed by atoms with Crippen molar-refractivity contribution in [2.24, 2.45) is 0 Å². The van der Waals surface area contributed by atoms with Crippen LogP contribution in [0.3, 0.4) is 0 Å². The molecule has 0 aliphatic rings. The molecule has 0 atom stereocenters. The largest absolute Gasteiger partial charge is 0.267 e. The van der Waals surface area contributed by atoms with Crippen LogP contribution < -0.4 is 0 Å². The van der Waals surface area contributed by atoms with Crippen LogP contribution in [0.5, 0.6) is 0 Å². The average Bonchev–Trinajstić information content (AvgIpc) is 2.60. The van der Waals surface area contributed by atoms with Crippen LogP contribution in [0.1, 0.15) is 16.8 Å². The van der Waals surface area contributed by atoms with Crippen molar-refractivity contribution < 1.29 is 0 Å². The summed E-state index contributed by atoms with van der Waals surface area (Å²) in [5.41, 5.74) is 2.61. The first-order chi connectivity index (χ1) is 7.29. The molecule has 15 heavy (non-hydrogen) atoms. The van der Waals surface area contributed by atoms with Crippen molar-refractivity contribution in [2.45, 2.75) is 13.5 Å². The quantitative estimate of drug-likeness (QED) is 0.739. The summed E-state index contributed by atoms with van der Waals surface area (Å²) in [5.74, 6) is 0. The summed E-state index contributed by atoms with van der Waals surface area (Å²) in [4.78, 5) is 0. The van der Waals surface area contributed by atoms with Crippen LogP contribution in [0.4, 0.5) is 0 Å². The van der Waals surface area contributed by atoms with Crippen LogP contribution >= 0.6 is 0 Å². The molecule has 0 aliphatic heterocycles. The first kappa shape index (κ1) is 9.47. The fourth-order valence-corrected chi connectivity index (χ4v) is 1.48. The highest BCUT2D eigenvalue weighted by atomic mass is 15.3. The fourth-order valence-electron chi connectivity index (χ4n) is 1.48. The van der Waals surface area contributed by atoms with Gasteiger partial charge in [0, 0.05) is 6.20 Å². The van der Waals surface area contributed by atoms with Gasteiger partial charge in [0.25, 0.3) is 0 Å². The van der Waals surface area contributed by atoms with Gasteiger partial charge < -0.3 is 0 Å². The van der Waals surface area contributed by atoms with Crippen molar-refractivity contribution in [3.63, 3.8) is 0 Å². The van der Waals surface area contributed by atoms with Gasteiger partial charge in [-0.1, -0.05) is 30.3 Å². The van der Waals surface area contributed by atoms with E-state index in [0.29, 0.717) is 12.1 Å². The normalized spacial score (nSPS) is 9.87. The second-order valence-corrected chi connectivity index (χ2v) is 3.42. The minimum Gasteiger partial charge on any atom is -0.267 e. The Morgan fingerprint density at radius 2 is 2.07 bits per heavy atom. The summed E-state index contributed by atoms with van der Waals surface area (Å²) >= 11 is 0. The molecule has 0 fully saturated rings. The summed E-state index contributed by atoms with van der Waals surface area (Å²) in [7, 11) is 0. The molecule has 0 bridgehead atoms. The van der Waals surface area contributed by atoms with Crippen molar-refractivity contribution in [1.29, 1.82) is 5.26 Å². The van der Waals surface area contributed by atoms with Gasteiger partial charge in [-0.15, -0.1) is 0 Å². The number of hydrogen-bond donors (Lipinski definition) is 0. The molecule has 1 aromatic carbocycles. The Balaban J connectivity index is 2.23. The van der Waals surface area contributed by atoms with Crippen LogP contribution in [-0.2, 0) is 6.54 Å². The SMILES string of the molecule is Cc1nn(Cc2ccccc2)cc1C#N. The lowest BCUT2D eigenvalue weighted by molar-refractivity contribution is 0.679. The number of aromatic nitrogens is 2. The van der Waals surface area contributed by atoms with Crippen LogP contribution in [0.25, 0.3) is 0 Å². The predicted octanol–water partition coefficient (Wildman–Crippen LogP) is 2.11. The molecular formula is C12H11N3. The van der Waals surface area contributed by atoms with Gasteiger partial charge in [0.05, 0.1) is 17.8 Å². The topological polar surface area (TPSA) is 41.6 Å². The van der Waals surface area contributed by atoms with E-state index in [1.165, 1.54) is 5.56 Å². The van der Waals surface area contributed by atoms with Crippen molar-refractivity contribution in [1.82, 2.24) is 9.78 Å². The van der Waals surface area contributed by atoms with Crippen LogP contribution in [0.15, 0.2) is 36.5 Å². The zero-order chi connectivity index (χ0) is 10.7. The summed E-state index contributed by atoms with van der Waals surface area (Å²) < 4.78 is 1.79. The van der Waals surface area contributed by atoms with Crippen LogP contribution in [-0.4, -0.2) is 9.78 Å². The van der Waals surface area contributed by atoms with Crippen LogP contribution in [0.2, 0.25) is 0 Å². The maximum Gasteiger partial charge on any atom is 0.103 e. The number of rotatable bonds is 2. The highest BCUT2D eigenvalue weighted by molar-refractivity contribution is 5.30. The van der Waals surface area contributed by atoms with Crippen molar-refractivity contribution >= 4 is 0 Å². The number of hydrogen-bond acceptors (Lipinski definition) is 2. The van der Waals surface area contributed by atoms with Gasteiger partial charge in [-0.05, 0) is 12.5 Å². The minimum atomic E-state index is 0.644. The van der Waals surface area contributed by atoms with E-state index >= 15 is 0 Å². The lowest BCUT2D eigenvalue weighted by Crippen LogP contribution is -1.99. The van der Waals surface area contributed by atoms with E-state index in [1.54, 1.807) is 10.9 Å². The molecule has 2 rings (SSSR count). The monoisotopic (exact) mass is 197 g/mol. The van der Waals surface area contributed by atoms with Crippen LogP contribution in [0, 0.1) is 18.3 Å². The van der Waals surface area contributed by atoms with E-state index in [2.05, 4.69) is 11.2 Å². The number of benzene rings is 1. The van der Waals surface area contributed by atoms with E-state index in [-0.39, 0.29) is 0 Å². The van der Waals surface area contributed by atoms with E-state index in [9.17, 15) is 0 Å². The van der Waals surface area contributed by atoms with E-state index in [0.717, 1.165) is 5.69 Å². The zero-order valence-electron chi connectivity index (χ0n) is 8.51. The molecule has 1 heterocycles. The molecule has 0 amide bonds. The standard InChI is InChI=1S/C12H11N3/c1-10-12(7-13)9-15(14-10)8-11-5-3-2-4-6-11/h2-6,9H,8H2,1H3. The Labute approximate surface area is 88.6 Å². The summed E-state index contributed by atoms with van der Waals surface area (Å²) in [6, 6.07) is 12.2. The lowest BCUT2D eigenvalue weighted by Gasteiger charge is -2.00. The second-order valence-electron chi connectivity index (χ2n) is 3.42. The molecule has 1 aromatic heterocycles. The van der Waals surface area contributed by atoms with Crippen molar-refractivity contribution in [2.75, 3.05) is 0 Å². The van der Waals surface area contributed by atoms with Gasteiger partial charge >= 0.3 is 0 Å². The number of nitrogens with zero attached hydrogens (tertiary/aromatic N) is 3. The molecule has 0 radical (unpaired) electrons.